The second kappa shape index (κ2) is 6.19. The maximum Gasteiger partial charge on any atom is 0.272 e. The van der Waals surface area contributed by atoms with E-state index in [9.17, 15) is 9.90 Å². The van der Waals surface area contributed by atoms with Crippen LogP contribution in [0.2, 0.25) is 0 Å². The Morgan fingerprint density at radius 3 is 2.85 bits per heavy atom. The summed E-state index contributed by atoms with van der Waals surface area (Å²) in [7, 11) is 5.74. The van der Waals surface area contributed by atoms with Gasteiger partial charge in [-0.05, 0) is 32.6 Å². The standard InChI is InChI=1S/C14H22N4O2/c1-15-10-4-5-13(16-7-10)14(20)18-9-12(19)6-11(18)8-17(2)3/h4-5,7,11-12,15,19H,6,8-9H2,1-3H3. The van der Waals surface area contributed by atoms with Gasteiger partial charge in [0.05, 0.1) is 18.0 Å². The Morgan fingerprint density at radius 1 is 1.55 bits per heavy atom. The van der Waals surface area contributed by atoms with Gasteiger partial charge in [0.15, 0.2) is 0 Å². The lowest BCUT2D eigenvalue weighted by atomic mass is 10.2. The van der Waals surface area contributed by atoms with E-state index in [1.807, 2.05) is 32.1 Å². The predicted molar refractivity (Wildman–Crippen MR) is 77.8 cm³/mol. The number of aliphatic hydroxyl groups excluding tert-OH is 1. The van der Waals surface area contributed by atoms with Crippen molar-refractivity contribution in [1.29, 1.82) is 0 Å². The number of rotatable bonds is 4. The molecule has 1 aromatic rings. The van der Waals surface area contributed by atoms with Gasteiger partial charge in [-0.15, -0.1) is 0 Å². The van der Waals surface area contributed by atoms with Crippen molar-refractivity contribution in [2.24, 2.45) is 0 Å². The Balaban J connectivity index is 2.13. The number of nitrogens with one attached hydrogen (secondary N) is 1. The van der Waals surface area contributed by atoms with Crippen LogP contribution >= 0.6 is 0 Å². The Hall–Kier alpha value is -1.66. The number of aromatic nitrogens is 1. The van der Waals surface area contributed by atoms with E-state index in [1.54, 1.807) is 17.2 Å². The van der Waals surface area contributed by atoms with Gasteiger partial charge in [0.1, 0.15) is 5.69 Å². The maximum absolute atomic E-state index is 12.5. The van der Waals surface area contributed by atoms with Crippen LogP contribution in [0.15, 0.2) is 18.3 Å². The third-order valence-electron chi connectivity index (χ3n) is 3.50. The highest BCUT2D eigenvalue weighted by Crippen LogP contribution is 2.21. The second-order valence-corrected chi connectivity index (χ2v) is 5.45. The van der Waals surface area contributed by atoms with Crippen molar-refractivity contribution in [3.8, 4) is 0 Å². The van der Waals surface area contributed by atoms with Crippen molar-refractivity contribution >= 4 is 11.6 Å². The number of pyridine rings is 1. The fourth-order valence-electron chi connectivity index (χ4n) is 2.55. The van der Waals surface area contributed by atoms with Crippen molar-refractivity contribution < 1.29 is 9.90 Å². The molecule has 6 heteroatoms. The van der Waals surface area contributed by atoms with Crippen molar-refractivity contribution in [2.45, 2.75) is 18.6 Å². The van der Waals surface area contributed by atoms with Crippen LogP contribution in [0.1, 0.15) is 16.9 Å². The number of hydrogen-bond acceptors (Lipinski definition) is 5. The van der Waals surface area contributed by atoms with E-state index in [-0.39, 0.29) is 11.9 Å². The molecule has 1 aliphatic heterocycles. The van der Waals surface area contributed by atoms with E-state index in [0.29, 0.717) is 18.7 Å². The number of likely N-dealkylation sites (tertiary alicyclic amines) is 1. The number of β-amino-alcohol motifs (C(OH)–C–C–N with tert-alkyl or cyclic N) is 1. The van der Waals surface area contributed by atoms with Gasteiger partial charge in [-0.25, -0.2) is 4.98 Å². The number of nitrogens with zero attached hydrogens (tertiary/aromatic N) is 3. The van der Waals surface area contributed by atoms with Crippen molar-refractivity contribution in [1.82, 2.24) is 14.8 Å². The summed E-state index contributed by atoms with van der Waals surface area (Å²) in [6.07, 6.45) is 1.82. The topological polar surface area (TPSA) is 68.7 Å². The lowest BCUT2D eigenvalue weighted by molar-refractivity contribution is 0.0693. The molecule has 2 N–H and O–H groups in total. The first-order valence-electron chi connectivity index (χ1n) is 6.79. The first kappa shape index (κ1) is 14.7. The summed E-state index contributed by atoms with van der Waals surface area (Å²) >= 11 is 0. The number of anilines is 1. The number of hydrogen-bond donors (Lipinski definition) is 2. The fraction of sp³-hybridized carbons (Fsp3) is 0.571. The third kappa shape index (κ3) is 3.26. The molecule has 2 rings (SSSR count). The molecule has 0 saturated carbocycles. The molecule has 1 amide bonds. The van der Waals surface area contributed by atoms with Gasteiger partial charge in [-0.2, -0.15) is 0 Å². The molecule has 2 unspecified atom stereocenters. The number of amides is 1. The molecule has 2 atom stereocenters. The monoisotopic (exact) mass is 278 g/mol. The number of carbonyl (C=O) groups is 1. The fourth-order valence-corrected chi connectivity index (χ4v) is 2.55. The number of likely N-dealkylation sites (N-methyl/N-ethyl adjacent to an activating group) is 1. The Kier molecular flexibility index (Phi) is 4.57. The number of carbonyl (C=O) groups excluding carboxylic acids is 1. The average Bonchev–Trinajstić information content (AvgIpc) is 2.78. The normalized spacial score (nSPS) is 22.4. The summed E-state index contributed by atoms with van der Waals surface area (Å²) in [6, 6.07) is 3.58. The summed E-state index contributed by atoms with van der Waals surface area (Å²) in [6.45, 7) is 1.13. The second-order valence-electron chi connectivity index (χ2n) is 5.45. The predicted octanol–water partition coefficient (Wildman–Crippen LogP) is 0.260. The molecular weight excluding hydrogens is 256 g/mol. The van der Waals surface area contributed by atoms with Crippen LogP contribution in [0.3, 0.4) is 0 Å². The molecule has 1 saturated heterocycles. The smallest absolute Gasteiger partial charge is 0.272 e. The average molecular weight is 278 g/mol. The molecular formula is C14H22N4O2. The van der Waals surface area contributed by atoms with Gasteiger partial charge in [-0.3, -0.25) is 4.79 Å². The highest BCUT2D eigenvalue weighted by Gasteiger charge is 2.35. The molecule has 1 aromatic heterocycles. The van der Waals surface area contributed by atoms with Gasteiger partial charge in [0, 0.05) is 26.2 Å². The molecule has 0 aromatic carbocycles. The first-order valence-corrected chi connectivity index (χ1v) is 6.79. The Bertz CT molecular complexity index is 461. The Morgan fingerprint density at radius 2 is 2.30 bits per heavy atom. The van der Waals surface area contributed by atoms with Gasteiger partial charge in [0.25, 0.3) is 5.91 Å². The zero-order valence-electron chi connectivity index (χ0n) is 12.2. The van der Waals surface area contributed by atoms with Gasteiger partial charge >= 0.3 is 0 Å². The first-order chi connectivity index (χ1) is 9.51. The zero-order valence-corrected chi connectivity index (χ0v) is 12.2. The SMILES string of the molecule is CNc1ccc(C(=O)N2CC(O)CC2CN(C)C)nc1. The molecule has 110 valence electrons. The van der Waals surface area contributed by atoms with E-state index in [0.717, 1.165) is 12.2 Å². The van der Waals surface area contributed by atoms with Crippen LogP contribution in [0.25, 0.3) is 0 Å². The summed E-state index contributed by atoms with van der Waals surface area (Å²) in [4.78, 5) is 20.4. The van der Waals surface area contributed by atoms with Gasteiger partial charge in [0.2, 0.25) is 0 Å². The molecule has 1 fully saturated rings. The van der Waals surface area contributed by atoms with Crippen LogP contribution in [0, 0.1) is 0 Å². The molecule has 0 aliphatic carbocycles. The van der Waals surface area contributed by atoms with Gasteiger partial charge in [-0.1, -0.05) is 0 Å². The largest absolute Gasteiger partial charge is 0.391 e. The third-order valence-corrected chi connectivity index (χ3v) is 3.50. The van der Waals surface area contributed by atoms with E-state index in [2.05, 4.69) is 10.3 Å². The van der Waals surface area contributed by atoms with E-state index in [4.69, 9.17) is 0 Å². The zero-order chi connectivity index (χ0) is 14.7. The van der Waals surface area contributed by atoms with Crippen LogP contribution < -0.4 is 5.32 Å². The van der Waals surface area contributed by atoms with Crippen LogP contribution in [-0.2, 0) is 0 Å². The number of aliphatic hydroxyl groups is 1. The summed E-state index contributed by atoms with van der Waals surface area (Å²) in [5.41, 5.74) is 1.29. The van der Waals surface area contributed by atoms with E-state index in [1.165, 1.54) is 0 Å². The quantitative estimate of drug-likeness (QED) is 0.827. The van der Waals surface area contributed by atoms with Crippen molar-refractivity contribution in [2.75, 3.05) is 39.5 Å². The van der Waals surface area contributed by atoms with E-state index >= 15 is 0 Å². The molecule has 0 bridgehead atoms. The molecule has 1 aliphatic rings. The summed E-state index contributed by atoms with van der Waals surface area (Å²) in [5.74, 6) is -0.115. The minimum Gasteiger partial charge on any atom is -0.391 e. The highest BCUT2D eigenvalue weighted by molar-refractivity contribution is 5.93. The molecule has 2 heterocycles. The minimum atomic E-state index is -0.444. The maximum atomic E-state index is 12.5. The molecule has 0 radical (unpaired) electrons. The van der Waals surface area contributed by atoms with Crippen LogP contribution in [0.4, 0.5) is 5.69 Å². The minimum absolute atomic E-state index is 0.0401. The molecule has 20 heavy (non-hydrogen) atoms. The van der Waals surface area contributed by atoms with Crippen LogP contribution in [-0.4, -0.2) is 72.2 Å². The molecule has 0 spiro atoms. The van der Waals surface area contributed by atoms with E-state index < -0.39 is 6.10 Å². The summed E-state index contributed by atoms with van der Waals surface area (Å²) in [5, 5.41) is 12.8. The highest BCUT2D eigenvalue weighted by atomic mass is 16.3. The van der Waals surface area contributed by atoms with Crippen molar-refractivity contribution in [3.63, 3.8) is 0 Å². The van der Waals surface area contributed by atoms with Crippen LogP contribution in [0.5, 0.6) is 0 Å². The lowest BCUT2D eigenvalue weighted by Crippen LogP contribution is -2.41. The molecule has 6 nitrogen and oxygen atoms in total. The Labute approximate surface area is 119 Å². The van der Waals surface area contributed by atoms with Gasteiger partial charge < -0.3 is 20.2 Å². The summed E-state index contributed by atoms with van der Waals surface area (Å²) < 4.78 is 0. The lowest BCUT2D eigenvalue weighted by Gasteiger charge is -2.26. The van der Waals surface area contributed by atoms with Crippen molar-refractivity contribution in [3.05, 3.63) is 24.0 Å².